The van der Waals surface area contributed by atoms with Gasteiger partial charge in [-0.2, -0.15) is 0 Å². The number of ether oxygens (including phenoxy) is 3. The number of benzene rings is 1. The topological polar surface area (TPSA) is 39.7 Å². The zero-order valence-corrected chi connectivity index (χ0v) is 12.6. The normalized spacial score (nSPS) is 12.1. The zero-order chi connectivity index (χ0) is 14.3. The van der Waals surface area contributed by atoms with Gasteiger partial charge >= 0.3 is 0 Å². The van der Waals surface area contributed by atoms with E-state index in [1.807, 2.05) is 12.1 Å². The van der Waals surface area contributed by atoms with Gasteiger partial charge < -0.3 is 19.5 Å². The van der Waals surface area contributed by atoms with E-state index < -0.39 is 0 Å². The van der Waals surface area contributed by atoms with Crippen LogP contribution in [0.3, 0.4) is 0 Å². The van der Waals surface area contributed by atoms with Crippen LogP contribution >= 0.6 is 0 Å². The first-order valence-electron chi connectivity index (χ1n) is 6.68. The highest BCUT2D eigenvalue weighted by atomic mass is 16.5. The number of hydrogen-bond donors (Lipinski definition) is 1. The van der Waals surface area contributed by atoms with Crippen molar-refractivity contribution in [3.63, 3.8) is 0 Å². The lowest BCUT2D eigenvalue weighted by Gasteiger charge is -2.17. The molecule has 0 heterocycles. The van der Waals surface area contributed by atoms with Crippen molar-refractivity contribution in [1.82, 2.24) is 5.32 Å². The third-order valence-corrected chi connectivity index (χ3v) is 3.20. The van der Waals surface area contributed by atoms with Crippen LogP contribution in [0.5, 0.6) is 17.2 Å². The average molecular weight is 267 g/mol. The summed E-state index contributed by atoms with van der Waals surface area (Å²) in [5.41, 5.74) is 1.09. The van der Waals surface area contributed by atoms with E-state index in [4.69, 9.17) is 14.2 Å². The van der Waals surface area contributed by atoms with E-state index in [9.17, 15) is 0 Å². The Balaban J connectivity index is 2.90. The molecule has 0 spiro atoms. The van der Waals surface area contributed by atoms with E-state index >= 15 is 0 Å². The van der Waals surface area contributed by atoms with Crippen LogP contribution in [0.15, 0.2) is 12.1 Å². The molecule has 4 nitrogen and oxygen atoms in total. The Morgan fingerprint density at radius 3 is 2.05 bits per heavy atom. The van der Waals surface area contributed by atoms with Crippen molar-refractivity contribution in [2.45, 2.75) is 32.7 Å². The van der Waals surface area contributed by atoms with Crippen molar-refractivity contribution >= 4 is 0 Å². The molecule has 0 aliphatic rings. The Morgan fingerprint density at radius 2 is 1.63 bits per heavy atom. The molecule has 0 aromatic heterocycles. The Kier molecular flexibility index (Phi) is 6.50. The van der Waals surface area contributed by atoms with Crippen molar-refractivity contribution in [1.29, 1.82) is 0 Å². The van der Waals surface area contributed by atoms with Gasteiger partial charge in [0, 0.05) is 23.7 Å². The van der Waals surface area contributed by atoms with Crippen molar-refractivity contribution < 1.29 is 14.2 Å². The summed E-state index contributed by atoms with van der Waals surface area (Å²) in [5.74, 6) is 2.39. The minimum Gasteiger partial charge on any atom is -0.496 e. The molecule has 1 aromatic carbocycles. The van der Waals surface area contributed by atoms with Crippen LogP contribution < -0.4 is 19.5 Å². The van der Waals surface area contributed by atoms with Crippen molar-refractivity contribution in [2.75, 3.05) is 27.9 Å². The monoisotopic (exact) mass is 267 g/mol. The summed E-state index contributed by atoms with van der Waals surface area (Å²) in [5, 5.41) is 3.41. The second kappa shape index (κ2) is 7.89. The highest BCUT2D eigenvalue weighted by molar-refractivity contribution is 5.50. The summed E-state index contributed by atoms with van der Waals surface area (Å²) in [4.78, 5) is 0. The average Bonchev–Trinajstić information content (AvgIpc) is 2.44. The fourth-order valence-electron chi connectivity index (χ4n) is 2.14. The smallest absolute Gasteiger partial charge is 0.129 e. The van der Waals surface area contributed by atoms with Gasteiger partial charge in [0.15, 0.2) is 0 Å². The van der Waals surface area contributed by atoms with Crippen molar-refractivity contribution in [3.05, 3.63) is 17.7 Å². The van der Waals surface area contributed by atoms with Crippen LogP contribution in [0.2, 0.25) is 0 Å². The molecule has 1 aromatic rings. The second-order valence-corrected chi connectivity index (χ2v) is 4.51. The molecule has 0 radical (unpaired) electrons. The van der Waals surface area contributed by atoms with Crippen LogP contribution in [0.4, 0.5) is 0 Å². The second-order valence-electron chi connectivity index (χ2n) is 4.51. The fraction of sp³-hybridized carbons (Fsp3) is 0.600. The quantitative estimate of drug-likeness (QED) is 0.786. The molecule has 0 aliphatic carbocycles. The van der Waals surface area contributed by atoms with Crippen molar-refractivity contribution in [3.8, 4) is 17.2 Å². The van der Waals surface area contributed by atoms with E-state index in [-0.39, 0.29) is 0 Å². The largest absolute Gasteiger partial charge is 0.496 e. The van der Waals surface area contributed by atoms with E-state index in [0.29, 0.717) is 6.04 Å². The van der Waals surface area contributed by atoms with Crippen LogP contribution in [0.25, 0.3) is 0 Å². The lowest BCUT2D eigenvalue weighted by atomic mass is 10.0. The van der Waals surface area contributed by atoms with E-state index in [0.717, 1.165) is 42.2 Å². The molecule has 108 valence electrons. The highest BCUT2D eigenvalue weighted by Gasteiger charge is 2.14. The van der Waals surface area contributed by atoms with Gasteiger partial charge in [-0.3, -0.25) is 0 Å². The maximum atomic E-state index is 5.44. The molecule has 1 rings (SSSR count). The van der Waals surface area contributed by atoms with Gasteiger partial charge in [0.1, 0.15) is 17.2 Å². The first kappa shape index (κ1) is 15.6. The molecule has 0 saturated heterocycles. The molecule has 0 amide bonds. The molecule has 19 heavy (non-hydrogen) atoms. The molecule has 1 unspecified atom stereocenters. The van der Waals surface area contributed by atoms with Crippen LogP contribution in [-0.4, -0.2) is 33.9 Å². The number of methoxy groups -OCH3 is 3. The SMILES string of the molecule is CCNC(C)CCc1c(OC)cc(OC)cc1OC. The molecule has 4 heteroatoms. The molecule has 1 N–H and O–H groups in total. The number of hydrogen-bond acceptors (Lipinski definition) is 4. The van der Waals surface area contributed by atoms with Gasteiger partial charge in [-0.15, -0.1) is 0 Å². The highest BCUT2D eigenvalue weighted by Crippen LogP contribution is 2.35. The molecule has 0 saturated carbocycles. The first-order valence-corrected chi connectivity index (χ1v) is 6.68. The predicted molar refractivity (Wildman–Crippen MR) is 77.6 cm³/mol. The van der Waals surface area contributed by atoms with Gasteiger partial charge in [-0.25, -0.2) is 0 Å². The predicted octanol–water partition coefficient (Wildman–Crippen LogP) is 2.64. The maximum Gasteiger partial charge on any atom is 0.129 e. The zero-order valence-electron chi connectivity index (χ0n) is 12.6. The summed E-state index contributed by atoms with van der Waals surface area (Å²) in [6.45, 7) is 5.29. The molecule has 0 aliphatic heterocycles. The lowest BCUT2D eigenvalue weighted by Crippen LogP contribution is -2.26. The van der Waals surface area contributed by atoms with Crippen LogP contribution in [0, 0.1) is 0 Å². The molecular weight excluding hydrogens is 242 g/mol. The van der Waals surface area contributed by atoms with Crippen LogP contribution in [-0.2, 0) is 6.42 Å². The Morgan fingerprint density at radius 1 is 1.05 bits per heavy atom. The summed E-state index contributed by atoms with van der Waals surface area (Å²) < 4.78 is 16.1. The van der Waals surface area contributed by atoms with Gasteiger partial charge in [0.2, 0.25) is 0 Å². The number of nitrogens with one attached hydrogen (secondary N) is 1. The fourth-order valence-corrected chi connectivity index (χ4v) is 2.14. The minimum atomic E-state index is 0.474. The lowest BCUT2D eigenvalue weighted by molar-refractivity contribution is 0.366. The molecular formula is C15H25NO3. The van der Waals surface area contributed by atoms with Gasteiger partial charge in [-0.05, 0) is 26.3 Å². The molecule has 0 bridgehead atoms. The van der Waals surface area contributed by atoms with Gasteiger partial charge in [0.25, 0.3) is 0 Å². The summed E-state index contributed by atoms with van der Waals surface area (Å²) in [6, 6.07) is 4.27. The maximum absolute atomic E-state index is 5.44. The Hall–Kier alpha value is -1.42. The third kappa shape index (κ3) is 4.31. The summed E-state index contributed by atoms with van der Waals surface area (Å²) in [6.07, 6.45) is 1.94. The third-order valence-electron chi connectivity index (χ3n) is 3.20. The standard InChI is InChI=1S/C15H25NO3/c1-6-16-11(2)7-8-13-14(18-4)9-12(17-3)10-15(13)19-5/h9-11,16H,6-8H2,1-5H3. The molecule has 1 atom stereocenters. The summed E-state index contributed by atoms with van der Waals surface area (Å²) >= 11 is 0. The minimum absolute atomic E-state index is 0.474. The van der Waals surface area contributed by atoms with Gasteiger partial charge in [-0.1, -0.05) is 6.92 Å². The Bertz CT molecular complexity index is 368. The molecule has 0 fully saturated rings. The van der Waals surface area contributed by atoms with Gasteiger partial charge in [0.05, 0.1) is 21.3 Å². The van der Waals surface area contributed by atoms with E-state index in [1.54, 1.807) is 21.3 Å². The number of rotatable bonds is 8. The Labute approximate surface area is 116 Å². The first-order chi connectivity index (χ1) is 9.15. The van der Waals surface area contributed by atoms with Crippen molar-refractivity contribution in [2.24, 2.45) is 0 Å². The van der Waals surface area contributed by atoms with E-state index in [1.165, 1.54) is 0 Å². The van der Waals surface area contributed by atoms with E-state index in [2.05, 4.69) is 19.2 Å². The summed E-state index contributed by atoms with van der Waals surface area (Å²) in [7, 11) is 4.98. The van der Waals surface area contributed by atoms with Crippen LogP contribution in [0.1, 0.15) is 25.8 Å².